The van der Waals surface area contributed by atoms with Gasteiger partial charge < -0.3 is 15.3 Å². The number of pyridine rings is 1. The number of carbonyl (C=O) groups is 2. The van der Waals surface area contributed by atoms with Crippen LogP contribution in [0.15, 0.2) is 18.3 Å². The topological polar surface area (TPSA) is 82.5 Å². The van der Waals surface area contributed by atoms with Crippen molar-refractivity contribution in [3.8, 4) is 0 Å². The predicted molar refractivity (Wildman–Crippen MR) is 79.5 cm³/mol. The standard InChI is InChI=1S/C15H21N3O3/c1-2-12-6-4-3-5-9-18(12)15(21)17-11-7-8-13(14(19)20)16-10-11/h7-8,10,12H,2-6,9H2,1H3,(H,17,21)(H,19,20). The number of likely N-dealkylation sites (tertiary alicyclic amines) is 1. The summed E-state index contributed by atoms with van der Waals surface area (Å²) in [7, 11) is 0. The van der Waals surface area contributed by atoms with Gasteiger partial charge in [0.05, 0.1) is 11.9 Å². The summed E-state index contributed by atoms with van der Waals surface area (Å²) in [6.07, 6.45) is 6.72. The number of nitrogens with zero attached hydrogens (tertiary/aromatic N) is 2. The number of hydrogen-bond acceptors (Lipinski definition) is 3. The highest BCUT2D eigenvalue weighted by molar-refractivity contribution is 5.90. The number of rotatable bonds is 3. The lowest BCUT2D eigenvalue weighted by molar-refractivity contribution is 0.0690. The van der Waals surface area contributed by atoms with Gasteiger partial charge in [-0.15, -0.1) is 0 Å². The van der Waals surface area contributed by atoms with Crippen molar-refractivity contribution in [2.24, 2.45) is 0 Å². The SMILES string of the molecule is CCC1CCCCCN1C(=O)Nc1ccc(C(=O)O)nc1. The summed E-state index contributed by atoms with van der Waals surface area (Å²) >= 11 is 0. The van der Waals surface area contributed by atoms with E-state index in [-0.39, 0.29) is 17.8 Å². The molecule has 2 N–H and O–H groups in total. The lowest BCUT2D eigenvalue weighted by atomic mass is 10.1. The Bertz CT molecular complexity index is 501. The van der Waals surface area contributed by atoms with Crippen LogP contribution in [0.4, 0.5) is 10.5 Å². The van der Waals surface area contributed by atoms with Gasteiger partial charge in [-0.1, -0.05) is 19.8 Å². The van der Waals surface area contributed by atoms with E-state index < -0.39 is 5.97 Å². The van der Waals surface area contributed by atoms with Gasteiger partial charge in [0, 0.05) is 12.6 Å². The Morgan fingerprint density at radius 3 is 2.81 bits per heavy atom. The molecule has 2 amide bonds. The summed E-state index contributed by atoms with van der Waals surface area (Å²) < 4.78 is 0. The molecular formula is C15H21N3O3. The second-order valence-corrected chi connectivity index (χ2v) is 5.27. The second-order valence-electron chi connectivity index (χ2n) is 5.27. The molecule has 1 aromatic heterocycles. The molecule has 0 aliphatic carbocycles. The van der Waals surface area contributed by atoms with Crippen molar-refractivity contribution in [3.05, 3.63) is 24.0 Å². The Hall–Kier alpha value is -2.11. The van der Waals surface area contributed by atoms with Crippen LogP contribution in [0.1, 0.15) is 49.5 Å². The van der Waals surface area contributed by atoms with E-state index in [9.17, 15) is 9.59 Å². The number of amides is 2. The Morgan fingerprint density at radius 2 is 2.19 bits per heavy atom. The van der Waals surface area contributed by atoms with E-state index in [2.05, 4.69) is 17.2 Å². The molecule has 2 heterocycles. The maximum absolute atomic E-state index is 12.4. The average molecular weight is 291 g/mol. The molecule has 1 aromatic rings. The zero-order valence-corrected chi connectivity index (χ0v) is 12.2. The maximum atomic E-state index is 12.4. The van der Waals surface area contributed by atoms with Gasteiger partial charge in [-0.3, -0.25) is 0 Å². The zero-order chi connectivity index (χ0) is 15.2. The summed E-state index contributed by atoms with van der Waals surface area (Å²) in [5, 5.41) is 11.6. The molecule has 0 aromatic carbocycles. The van der Waals surface area contributed by atoms with Crippen molar-refractivity contribution in [1.29, 1.82) is 0 Å². The molecular weight excluding hydrogens is 270 g/mol. The first-order chi connectivity index (χ1) is 10.1. The number of hydrogen-bond donors (Lipinski definition) is 2. The normalized spacial score (nSPS) is 18.9. The van der Waals surface area contributed by atoms with E-state index in [0.29, 0.717) is 5.69 Å². The lowest BCUT2D eigenvalue weighted by Gasteiger charge is -2.29. The fourth-order valence-electron chi connectivity index (χ4n) is 2.66. The summed E-state index contributed by atoms with van der Waals surface area (Å²) in [5.41, 5.74) is 0.485. The molecule has 1 atom stereocenters. The average Bonchev–Trinajstić information content (AvgIpc) is 2.72. The zero-order valence-electron chi connectivity index (χ0n) is 12.2. The Morgan fingerprint density at radius 1 is 1.38 bits per heavy atom. The molecule has 1 aliphatic rings. The quantitative estimate of drug-likeness (QED) is 0.897. The van der Waals surface area contributed by atoms with Gasteiger partial charge in [-0.2, -0.15) is 0 Å². The molecule has 0 saturated carbocycles. The lowest BCUT2D eigenvalue weighted by Crippen LogP contribution is -2.42. The fraction of sp³-hybridized carbons (Fsp3) is 0.533. The Labute approximate surface area is 124 Å². The summed E-state index contributed by atoms with van der Waals surface area (Å²) in [4.78, 5) is 28.8. The molecule has 0 spiro atoms. The first-order valence-electron chi connectivity index (χ1n) is 7.38. The van der Waals surface area contributed by atoms with Crippen LogP contribution in [0.25, 0.3) is 0 Å². The molecule has 114 valence electrons. The van der Waals surface area contributed by atoms with Crippen LogP contribution < -0.4 is 5.32 Å². The van der Waals surface area contributed by atoms with Gasteiger partial charge in [-0.25, -0.2) is 14.6 Å². The fourth-order valence-corrected chi connectivity index (χ4v) is 2.66. The first kappa shape index (κ1) is 15.3. The van der Waals surface area contributed by atoms with Gasteiger partial charge in [0.25, 0.3) is 0 Å². The highest BCUT2D eigenvalue weighted by atomic mass is 16.4. The van der Waals surface area contributed by atoms with E-state index in [4.69, 9.17) is 5.11 Å². The Kier molecular flexibility index (Phi) is 5.14. The van der Waals surface area contributed by atoms with Crippen LogP contribution in [-0.2, 0) is 0 Å². The highest BCUT2D eigenvalue weighted by Gasteiger charge is 2.24. The van der Waals surface area contributed by atoms with E-state index in [0.717, 1.165) is 38.6 Å². The van der Waals surface area contributed by atoms with Crippen molar-refractivity contribution < 1.29 is 14.7 Å². The highest BCUT2D eigenvalue weighted by Crippen LogP contribution is 2.20. The number of aromatic carboxylic acids is 1. The van der Waals surface area contributed by atoms with Crippen LogP contribution in [0.2, 0.25) is 0 Å². The molecule has 1 saturated heterocycles. The molecule has 1 fully saturated rings. The minimum absolute atomic E-state index is 0.0331. The monoisotopic (exact) mass is 291 g/mol. The third-order valence-corrected chi connectivity index (χ3v) is 3.84. The van der Waals surface area contributed by atoms with Crippen molar-refractivity contribution in [3.63, 3.8) is 0 Å². The van der Waals surface area contributed by atoms with Crippen LogP contribution in [-0.4, -0.2) is 39.6 Å². The minimum Gasteiger partial charge on any atom is -0.477 e. The van der Waals surface area contributed by atoms with Crippen molar-refractivity contribution in [2.75, 3.05) is 11.9 Å². The van der Waals surface area contributed by atoms with Crippen LogP contribution in [0.3, 0.4) is 0 Å². The van der Waals surface area contributed by atoms with Crippen molar-refractivity contribution >= 4 is 17.7 Å². The molecule has 1 aliphatic heterocycles. The van der Waals surface area contributed by atoms with Gasteiger partial charge in [0.2, 0.25) is 0 Å². The predicted octanol–water partition coefficient (Wildman–Crippen LogP) is 2.97. The summed E-state index contributed by atoms with van der Waals surface area (Å²) in [6, 6.07) is 3.09. The first-order valence-corrected chi connectivity index (χ1v) is 7.38. The molecule has 6 heteroatoms. The number of nitrogens with one attached hydrogen (secondary N) is 1. The summed E-state index contributed by atoms with van der Waals surface area (Å²) in [6.45, 7) is 2.87. The Balaban J connectivity index is 2.03. The van der Waals surface area contributed by atoms with Crippen molar-refractivity contribution in [1.82, 2.24) is 9.88 Å². The molecule has 0 radical (unpaired) electrons. The van der Waals surface area contributed by atoms with Crippen molar-refractivity contribution in [2.45, 2.75) is 45.1 Å². The van der Waals surface area contributed by atoms with E-state index >= 15 is 0 Å². The third kappa shape index (κ3) is 3.93. The molecule has 6 nitrogen and oxygen atoms in total. The number of anilines is 1. The van der Waals surface area contributed by atoms with E-state index in [1.807, 2.05) is 4.90 Å². The molecule has 2 rings (SSSR count). The van der Waals surface area contributed by atoms with E-state index in [1.165, 1.54) is 12.3 Å². The molecule has 0 bridgehead atoms. The van der Waals surface area contributed by atoms with E-state index in [1.54, 1.807) is 6.07 Å². The van der Waals surface area contributed by atoms with Crippen LogP contribution >= 0.6 is 0 Å². The van der Waals surface area contributed by atoms with Gasteiger partial charge >= 0.3 is 12.0 Å². The second kappa shape index (κ2) is 7.06. The summed E-state index contributed by atoms with van der Waals surface area (Å²) in [5.74, 6) is -1.08. The smallest absolute Gasteiger partial charge is 0.354 e. The van der Waals surface area contributed by atoms with Gasteiger partial charge in [-0.05, 0) is 31.4 Å². The van der Waals surface area contributed by atoms with Gasteiger partial charge in [0.1, 0.15) is 5.69 Å². The number of carboxylic acids is 1. The molecule has 1 unspecified atom stereocenters. The number of aromatic nitrogens is 1. The largest absolute Gasteiger partial charge is 0.477 e. The van der Waals surface area contributed by atoms with Gasteiger partial charge in [0.15, 0.2) is 0 Å². The molecule has 21 heavy (non-hydrogen) atoms. The third-order valence-electron chi connectivity index (χ3n) is 3.84. The number of urea groups is 1. The number of carbonyl (C=O) groups excluding carboxylic acids is 1. The van der Waals surface area contributed by atoms with Crippen LogP contribution in [0.5, 0.6) is 0 Å². The number of carboxylic acid groups (broad SMARTS) is 1. The van der Waals surface area contributed by atoms with Crippen LogP contribution in [0, 0.1) is 0 Å². The maximum Gasteiger partial charge on any atom is 0.354 e. The minimum atomic E-state index is -1.08.